The van der Waals surface area contributed by atoms with Crippen molar-refractivity contribution >= 4 is 28.3 Å². The number of carbonyl (C=O) groups is 1. The van der Waals surface area contributed by atoms with E-state index in [0.29, 0.717) is 18.7 Å². The molecule has 0 bridgehead atoms. The lowest BCUT2D eigenvalue weighted by molar-refractivity contribution is -0.118. The molecule has 0 saturated carbocycles. The number of ether oxygens (including phenoxy) is 1. The van der Waals surface area contributed by atoms with Crippen molar-refractivity contribution < 1.29 is 9.53 Å². The fourth-order valence-electron chi connectivity index (χ4n) is 3.94. The lowest BCUT2D eigenvalue weighted by Crippen LogP contribution is -2.53. The van der Waals surface area contributed by atoms with Crippen molar-refractivity contribution in [1.82, 2.24) is 19.7 Å². The van der Waals surface area contributed by atoms with Gasteiger partial charge in [-0.3, -0.25) is 9.48 Å². The zero-order chi connectivity index (χ0) is 19.3. The number of hydrogen-bond donors (Lipinski definition) is 0. The maximum atomic E-state index is 13.5. The lowest BCUT2D eigenvalue weighted by Gasteiger charge is -2.41. The Morgan fingerprint density at radius 2 is 2.19 bits per heavy atom. The zero-order valence-corrected chi connectivity index (χ0v) is 17.1. The van der Waals surface area contributed by atoms with Crippen LogP contribution in [0.15, 0.2) is 23.6 Å². The van der Waals surface area contributed by atoms with Crippen LogP contribution in [0.5, 0.6) is 0 Å². The zero-order valence-electron chi connectivity index (χ0n) is 16.3. The summed E-state index contributed by atoms with van der Waals surface area (Å²) in [5.41, 5.74) is 2.67. The second kappa shape index (κ2) is 6.42. The molecule has 1 amide bonds. The van der Waals surface area contributed by atoms with Gasteiger partial charge in [-0.25, -0.2) is 4.98 Å². The van der Waals surface area contributed by atoms with Crippen LogP contribution < -0.4 is 0 Å². The van der Waals surface area contributed by atoms with Gasteiger partial charge in [-0.15, -0.1) is 11.3 Å². The number of rotatable bonds is 2. The highest BCUT2D eigenvalue weighted by Crippen LogP contribution is 2.31. The molecule has 1 atom stereocenters. The summed E-state index contributed by atoms with van der Waals surface area (Å²) in [4.78, 5) is 21.3. The standard InChI is InChI=1S/C20H24N4O2S/c1-12-10-24(11-20(3,4)26-12)19(25)14-9-15(16-7-6-8-27-16)21-18-17(14)13(2)22-23(18)5/h6-9,12H,10-11H2,1-5H3. The van der Waals surface area contributed by atoms with Crippen molar-refractivity contribution in [2.75, 3.05) is 13.1 Å². The number of carbonyl (C=O) groups excluding carboxylic acids is 1. The first kappa shape index (κ1) is 18.1. The van der Waals surface area contributed by atoms with Gasteiger partial charge < -0.3 is 9.64 Å². The van der Waals surface area contributed by atoms with Crippen molar-refractivity contribution in [3.63, 3.8) is 0 Å². The summed E-state index contributed by atoms with van der Waals surface area (Å²) in [6.45, 7) is 9.13. The summed E-state index contributed by atoms with van der Waals surface area (Å²) in [5.74, 6) is 0.0135. The van der Waals surface area contributed by atoms with E-state index in [9.17, 15) is 4.79 Å². The second-order valence-electron chi connectivity index (χ2n) is 7.81. The molecule has 0 radical (unpaired) electrons. The van der Waals surface area contributed by atoms with Gasteiger partial charge in [0.05, 0.1) is 38.9 Å². The van der Waals surface area contributed by atoms with E-state index in [4.69, 9.17) is 9.72 Å². The Kier molecular flexibility index (Phi) is 4.31. The van der Waals surface area contributed by atoms with E-state index in [1.807, 2.05) is 63.2 Å². The Bertz CT molecular complexity index is 1010. The Morgan fingerprint density at radius 3 is 2.85 bits per heavy atom. The number of pyridine rings is 1. The summed E-state index contributed by atoms with van der Waals surface area (Å²) in [5, 5.41) is 7.36. The minimum atomic E-state index is -0.361. The Hall–Kier alpha value is -2.25. The van der Waals surface area contributed by atoms with E-state index in [2.05, 4.69) is 5.10 Å². The van der Waals surface area contributed by atoms with Gasteiger partial charge in [0.2, 0.25) is 0 Å². The SMILES string of the molecule is Cc1nn(C)c2nc(-c3cccs3)cc(C(=O)N3CC(C)OC(C)(C)C3)c12. The second-order valence-corrected chi connectivity index (χ2v) is 8.76. The predicted molar refractivity (Wildman–Crippen MR) is 107 cm³/mol. The van der Waals surface area contributed by atoms with Crippen LogP contribution >= 0.6 is 11.3 Å². The highest BCUT2D eigenvalue weighted by Gasteiger charge is 2.35. The normalized spacial score (nSPS) is 19.6. The molecule has 27 heavy (non-hydrogen) atoms. The fourth-order valence-corrected chi connectivity index (χ4v) is 4.63. The third-order valence-corrected chi connectivity index (χ3v) is 5.72. The number of nitrogens with zero attached hydrogens (tertiary/aromatic N) is 4. The smallest absolute Gasteiger partial charge is 0.254 e. The summed E-state index contributed by atoms with van der Waals surface area (Å²) in [7, 11) is 1.87. The Balaban J connectivity index is 1.86. The van der Waals surface area contributed by atoms with Gasteiger partial charge >= 0.3 is 0 Å². The molecule has 3 aromatic heterocycles. The van der Waals surface area contributed by atoms with E-state index < -0.39 is 0 Å². The first-order valence-electron chi connectivity index (χ1n) is 9.10. The van der Waals surface area contributed by atoms with Gasteiger partial charge in [-0.2, -0.15) is 5.10 Å². The molecule has 4 heterocycles. The molecule has 142 valence electrons. The van der Waals surface area contributed by atoms with E-state index in [0.717, 1.165) is 27.3 Å². The summed E-state index contributed by atoms with van der Waals surface area (Å²) in [6.07, 6.45) is 0.00166. The number of fused-ring (bicyclic) bond motifs is 1. The third kappa shape index (κ3) is 3.26. The van der Waals surface area contributed by atoms with Crippen molar-refractivity contribution in [2.45, 2.75) is 39.4 Å². The van der Waals surface area contributed by atoms with Gasteiger partial charge in [0.25, 0.3) is 5.91 Å². The Labute approximate surface area is 162 Å². The molecule has 0 aromatic carbocycles. The number of aromatic nitrogens is 3. The first-order chi connectivity index (χ1) is 12.7. The number of hydrogen-bond acceptors (Lipinski definition) is 5. The van der Waals surface area contributed by atoms with Crippen LogP contribution in [0, 0.1) is 6.92 Å². The molecule has 1 fully saturated rings. The number of thiophene rings is 1. The number of aryl methyl sites for hydroxylation is 2. The van der Waals surface area contributed by atoms with Gasteiger partial charge in [-0.1, -0.05) is 6.07 Å². The molecule has 4 rings (SSSR count). The van der Waals surface area contributed by atoms with Crippen LogP contribution in [0.3, 0.4) is 0 Å². The molecule has 1 unspecified atom stereocenters. The van der Waals surface area contributed by atoms with Crippen molar-refractivity contribution in [2.24, 2.45) is 7.05 Å². The van der Waals surface area contributed by atoms with Gasteiger partial charge in [0, 0.05) is 20.1 Å². The third-order valence-electron chi connectivity index (χ3n) is 4.83. The van der Waals surface area contributed by atoms with Gasteiger partial charge in [0.15, 0.2) is 5.65 Å². The fraction of sp³-hybridized carbons (Fsp3) is 0.450. The van der Waals surface area contributed by atoms with Crippen molar-refractivity contribution in [1.29, 1.82) is 0 Å². The van der Waals surface area contributed by atoms with E-state index in [-0.39, 0.29) is 17.6 Å². The molecule has 7 heteroatoms. The minimum absolute atomic E-state index is 0.00166. The summed E-state index contributed by atoms with van der Waals surface area (Å²) < 4.78 is 7.72. The van der Waals surface area contributed by atoms with Crippen LogP contribution in [0.4, 0.5) is 0 Å². The van der Waals surface area contributed by atoms with E-state index >= 15 is 0 Å². The largest absolute Gasteiger partial charge is 0.369 e. The predicted octanol–water partition coefficient (Wildman–Crippen LogP) is 3.64. The van der Waals surface area contributed by atoms with Crippen LogP contribution in [0.1, 0.15) is 36.8 Å². The van der Waals surface area contributed by atoms with Crippen LogP contribution in [-0.4, -0.2) is 50.4 Å². The van der Waals surface area contributed by atoms with Crippen LogP contribution in [-0.2, 0) is 11.8 Å². The quantitative estimate of drug-likeness (QED) is 0.677. The monoisotopic (exact) mass is 384 g/mol. The molecule has 0 N–H and O–H groups in total. The average molecular weight is 385 g/mol. The highest BCUT2D eigenvalue weighted by molar-refractivity contribution is 7.13. The first-order valence-corrected chi connectivity index (χ1v) is 9.98. The molecular formula is C20H24N4O2S. The molecule has 6 nitrogen and oxygen atoms in total. The summed E-state index contributed by atoms with van der Waals surface area (Å²) in [6, 6.07) is 5.93. The molecular weight excluding hydrogens is 360 g/mol. The highest BCUT2D eigenvalue weighted by atomic mass is 32.1. The molecule has 0 spiro atoms. The number of amides is 1. The lowest BCUT2D eigenvalue weighted by atomic mass is 10.0. The molecule has 1 aliphatic heterocycles. The maximum absolute atomic E-state index is 13.5. The maximum Gasteiger partial charge on any atom is 0.254 e. The van der Waals surface area contributed by atoms with E-state index in [1.54, 1.807) is 16.0 Å². The molecule has 1 aliphatic rings. The van der Waals surface area contributed by atoms with Gasteiger partial charge in [0.1, 0.15) is 0 Å². The number of morpholine rings is 1. The molecule has 3 aromatic rings. The molecule has 0 aliphatic carbocycles. The van der Waals surface area contributed by atoms with Crippen LogP contribution in [0.2, 0.25) is 0 Å². The van der Waals surface area contributed by atoms with Crippen molar-refractivity contribution in [3.05, 3.63) is 34.8 Å². The average Bonchev–Trinajstić information content (AvgIpc) is 3.21. The summed E-state index contributed by atoms with van der Waals surface area (Å²) >= 11 is 1.62. The molecule has 1 saturated heterocycles. The van der Waals surface area contributed by atoms with E-state index in [1.165, 1.54) is 0 Å². The van der Waals surface area contributed by atoms with Crippen LogP contribution in [0.25, 0.3) is 21.6 Å². The minimum Gasteiger partial charge on any atom is -0.369 e. The Morgan fingerprint density at radius 1 is 1.41 bits per heavy atom. The topological polar surface area (TPSA) is 60.2 Å². The van der Waals surface area contributed by atoms with Gasteiger partial charge in [-0.05, 0) is 45.2 Å². The van der Waals surface area contributed by atoms with Crippen molar-refractivity contribution in [3.8, 4) is 10.6 Å².